The van der Waals surface area contributed by atoms with Crippen LogP contribution in [0.25, 0.3) is 0 Å². The molecule has 1 aliphatic carbocycles. The minimum absolute atomic E-state index is 0.00724. The van der Waals surface area contributed by atoms with Crippen LogP contribution in [-0.4, -0.2) is 35.1 Å². The van der Waals surface area contributed by atoms with Gasteiger partial charge in [0.05, 0.1) is 0 Å². The van der Waals surface area contributed by atoms with E-state index in [4.69, 9.17) is 0 Å². The summed E-state index contributed by atoms with van der Waals surface area (Å²) in [6.45, 7) is 0.618. The molecule has 0 heterocycles. The van der Waals surface area contributed by atoms with Crippen LogP contribution < -0.4 is 0 Å². The average molecular weight is 553 g/mol. The monoisotopic (exact) mass is 553 g/mol. The Bertz CT molecular complexity index is 474. The van der Waals surface area contributed by atoms with Gasteiger partial charge in [-0.1, -0.05) is 167 Å². The molecule has 0 aliphatic heterocycles. The summed E-state index contributed by atoms with van der Waals surface area (Å²) in [6, 6.07) is 0. The number of hydrogen-bond donors (Lipinski definition) is 3. The number of rotatable bonds is 6. The SMILES string of the molecule is OCCC1CCCCCCCCCCCCCCCCCCCCCCCCCCCCC1(CCO)CCO. The Balaban J connectivity index is 2.51. The molecule has 1 rings (SSSR count). The van der Waals surface area contributed by atoms with Crippen molar-refractivity contribution in [2.75, 3.05) is 19.8 Å². The Morgan fingerprint density at radius 1 is 0.359 bits per heavy atom. The van der Waals surface area contributed by atoms with Crippen molar-refractivity contribution in [3.05, 3.63) is 0 Å². The second kappa shape index (κ2) is 28.0. The molecule has 1 atom stereocenters. The van der Waals surface area contributed by atoms with Gasteiger partial charge in [0, 0.05) is 19.8 Å². The van der Waals surface area contributed by atoms with E-state index in [9.17, 15) is 15.3 Å². The van der Waals surface area contributed by atoms with E-state index in [0.29, 0.717) is 5.92 Å². The molecule has 1 aliphatic rings. The summed E-state index contributed by atoms with van der Waals surface area (Å²) in [6.07, 6.45) is 40.7. The highest BCUT2D eigenvalue weighted by molar-refractivity contribution is 4.87. The Morgan fingerprint density at radius 2 is 0.641 bits per heavy atom. The van der Waals surface area contributed by atoms with Crippen LogP contribution in [0, 0.1) is 11.3 Å². The first-order valence-corrected chi connectivity index (χ1v) is 18.1. The third-order valence-electron chi connectivity index (χ3n) is 10.0. The molecule has 1 fully saturated rings. The third kappa shape index (κ3) is 20.4. The average Bonchev–Trinajstić information content (AvgIpc) is 2.93. The van der Waals surface area contributed by atoms with Gasteiger partial charge in [0.1, 0.15) is 0 Å². The molecule has 0 spiro atoms. The molecule has 0 radical (unpaired) electrons. The number of aliphatic hydroxyl groups excluding tert-OH is 3. The normalized spacial score (nSPS) is 24.5. The van der Waals surface area contributed by atoms with Gasteiger partial charge in [-0.25, -0.2) is 0 Å². The van der Waals surface area contributed by atoms with E-state index in [1.54, 1.807) is 0 Å². The molecule has 1 saturated carbocycles. The van der Waals surface area contributed by atoms with Crippen LogP contribution >= 0.6 is 0 Å². The van der Waals surface area contributed by atoms with Gasteiger partial charge in [0.25, 0.3) is 0 Å². The lowest BCUT2D eigenvalue weighted by atomic mass is 9.65. The van der Waals surface area contributed by atoms with Gasteiger partial charge in [0.15, 0.2) is 0 Å². The van der Waals surface area contributed by atoms with Gasteiger partial charge in [0.2, 0.25) is 0 Å². The Hall–Kier alpha value is -0.120. The highest BCUT2D eigenvalue weighted by Crippen LogP contribution is 2.45. The van der Waals surface area contributed by atoms with Gasteiger partial charge in [-0.15, -0.1) is 0 Å². The summed E-state index contributed by atoms with van der Waals surface area (Å²) in [5, 5.41) is 29.8. The molecule has 0 amide bonds. The number of hydrogen-bond acceptors (Lipinski definition) is 3. The van der Waals surface area contributed by atoms with E-state index in [0.717, 1.165) is 32.1 Å². The maximum atomic E-state index is 9.97. The van der Waals surface area contributed by atoms with Crippen molar-refractivity contribution in [2.45, 2.75) is 199 Å². The van der Waals surface area contributed by atoms with Gasteiger partial charge >= 0.3 is 0 Å². The molecule has 0 aromatic heterocycles. The molecule has 1 unspecified atom stereocenters. The second-order valence-electron chi connectivity index (χ2n) is 13.2. The maximum absolute atomic E-state index is 9.97. The summed E-state index contributed by atoms with van der Waals surface area (Å²) >= 11 is 0. The van der Waals surface area contributed by atoms with E-state index in [1.807, 2.05) is 0 Å². The highest BCUT2D eigenvalue weighted by atomic mass is 16.3. The van der Waals surface area contributed by atoms with Crippen LogP contribution in [0.3, 0.4) is 0 Å². The topological polar surface area (TPSA) is 60.7 Å². The minimum atomic E-state index is -0.00724. The first-order valence-electron chi connectivity index (χ1n) is 18.1. The molecule has 234 valence electrons. The summed E-state index contributed by atoms with van der Waals surface area (Å²) in [7, 11) is 0. The quantitative estimate of drug-likeness (QED) is 0.307. The van der Waals surface area contributed by atoms with Crippen molar-refractivity contribution >= 4 is 0 Å². The van der Waals surface area contributed by atoms with Crippen molar-refractivity contribution in [3.63, 3.8) is 0 Å². The molecule has 0 bridgehead atoms. The molecular weight excluding hydrogens is 480 g/mol. The number of aliphatic hydroxyl groups is 3. The lowest BCUT2D eigenvalue weighted by molar-refractivity contribution is 0.0382. The molecular formula is C36H72O3. The predicted molar refractivity (Wildman–Crippen MR) is 170 cm³/mol. The third-order valence-corrected chi connectivity index (χ3v) is 10.0. The molecule has 0 aromatic rings. The van der Waals surface area contributed by atoms with Crippen LogP contribution in [0.1, 0.15) is 199 Å². The van der Waals surface area contributed by atoms with Gasteiger partial charge in [-0.05, 0) is 43.4 Å². The van der Waals surface area contributed by atoms with Gasteiger partial charge in [-0.2, -0.15) is 0 Å². The summed E-state index contributed by atoms with van der Waals surface area (Å²) in [4.78, 5) is 0. The van der Waals surface area contributed by atoms with Crippen molar-refractivity contribution in [1.82, 2.24) is 0 Å². The fourth-order valence-corrected chi connectivity index (χ4v) is 7.46. The second-order valence-corrected chi connectivity index (χ2v) is 13.2. The lowest BCUT2D eigenvalue weighted by Crippen LogP contribution is -2.34. The zero-order valence-corrected chi connectivity index (χ0v) is 26.5. The zero-order chi connectivity index (χ0) is 28.1. The Labute approximate surface area is 245 Å². The zero-order valence-electron chi connectivity index (χ0n) is 26.5. The van der Waals surface area contributed by atoms with E-state index >= 15 is 0 Å². The fraction of sp³-hybridized carbons (Fsp3) is 1.00. The molecule has 0 saturated heterocycles. The van der Waals surface area contributed by atoms with Gasteiger partial charge < -0.3 is 15.3 Å². The van der Waals surface area contributed by atoms with Crippen LogP contribution in [0.4, 0.5) is 0 Å². The molecule has 39 heavy (non-hydrogen) atoms. The van der Waals surface area contributed by atoms with Crippen LogP contribution in [0.5, 0.6) is 0 Å². The summed E-state index contributed by atoms with van der Waals surface area (Å²) in [5.74, 6) is 0.419. The Kier molecular flexibility index (Phi) is 26.5. The summed E-state index contributed by atoms with van der Waals surface area (Å²) < 4.78 is 0. The van der Waals surface area contributed by atoms with E-state index in [1.165, 1.54) is 167 Å². The van der Waals surface area contributed by atoms with Crippen LogP contribution in [0.15, 0.2) is 0 Å². The maximum Gasteiger partial charge on any atom is 0.0436 e. The largest absolute Gasteiger partial charge is 0.396 e. The summed E-state index contributed by atoms with van der Waals surface area (Å²) in [5.41, 5.74) is -0.00724. The standard InChI is InChI=1S/C36H72O3/c37-32-28-35-27-25-23-21-19-17-15-13-11-9-7-5-3-1-2-4-6-8-10-12-14-16-18-20-22-24-26-29-36(35,30-33-38)31-34-39/h35,37-39H,1-34H2. The minimum Gasteiger partial charge on any atom is -0.396 e. The van der Waals surface area contributed by atoms with E-state index < -0.39 is 0 Å². The predicted octanol–water partition coefficient (Wildman–Crippen LogP) is 10.7. The van der Waals surface area contributed by atoms with Crippen molar-refractivity contribution < 1.29 is 15.3 Å². The van der Waals surface area contributed by atoms with Crippen molar-refractivity contribution in [3.8, 4) is 0 Å². The lowest BCUT2D eigenvalue weighted by Gasteiger charge is -2.41. The molecule has 3 N–H and O–H groups in total. The van der Waals surface area contributed by atoms with Crippen LogP contribution in [0.2, 0.25) is 0 Å². The Morgan fingerprint density at radius 3 is 0.923 bits per heavy atom. The molecule has 3 heteroatoms. The van der Waals surface area contributed by atoms with E-state index in [-0.39, 0.29) is 25.2 Å². The van der Waals surface area contributed by atoms with Gasteiger partial charge in [-0.3, -0.25) is 0 Å². The smallest absolute Gasteiger partial charge is 0.0436 e. The van der Waals surface area contributed by atoms with Crippen molar-refractivity contribution in [1.29, 1.82) is 0 Å². The first-order chi connectivity index (χ1) is 19.3. The first kappa shape index (κ1) is 36.9. The highest BCUT2D eigenvalue weighted by Gasteiger charge is 2.36. The van der Waals surface area contributed by atoms with Crippen LogP contribution in [-0.2, 0) is 0 Å². The van der Waals surface area contributed by atoms with Crippen molar-refractivity contribution in [2.24, 2.45) is 11.3 Å². The van der Waals surface area contributed by atoms with E-state index in [2.05, 4.69) is 0 Å². The fourth-order valence-electron chi connectivity index (χ4n) is 7.46. The molecule has 3 nitrogen and oxygen atoms in total. The molecule has 0 aromatic carbocycles.